The van der Waals surface area contributed by atoms with Gasteiger partial charge >= 0.3 is 0 Å². The molecule has 7 heteroatoms. The fraction of sp³-hybridized carbons (Fsp3) is 0.167. The second kappa shape index (κ2) is 7.48. The number of phenolic OH excluding ortho intramolecular Hbond substituents is 1. The molecule has 25 heavy (non-hydrogen) atoms. The standard InChI is InChI=1S/C18H19N5O2/c1-12-3-2-8-19-17(12)20-9-10-21-18(25)16-11-15(22-23-16)13-4-6-14(24)7-5-13/h2-8,11,24H,9-10H2,1H3,(H,19,20)(H,21,25)(H,22,23). The van der Waals surface area contributed by atoms with Crippen LogP contribution in [0.2, 0.25) is 0 Å². The van der Waals surface area contributed by atoms with Gasteiger partial charge in [0.05, 0.1) is 5.69 Å². The van der Waals surface area contributed by atoms with E-state index in [1.807, 2.05) is 19.1 Å². The molecular weight excluding hydrogens is 318 g/mol. The third-order valence-electron chi connectivity index (χ3n) is 3.70. The molecule has 0 saturated carbocycles. The van der Waals surface area contributed by atoms with Gasteiger partial charge in [-0.3, -0.25) is 9.89 Å². The third-order valence-corrected chi connectivity index (χ3v) is 3.70. The lowest BCUT2D eigenvalue weighted by molar-refractivity contribution is 0.0950. The van der Waals surface area contributed by atoms with Crippen LogP contribution in [0.3, 0.4) is 0 Å². The van der Waals surface area contributed by atoms with Crippen LogP contribution >= 0.6 is 0 Å². The van der Waals surface area contributed by atoms with Crippen LogP contribution in [0.4, 0.5) is 5.82 Å². The Kier molecular flexibility index (Phi) is 4.94. The number of nitrogens with one attached hydrogen (secondary N) is 3. The van der Waals surface area contributed by atoms with Gasteiger partial charge in [-0.05, 0) is 48.9 Å². The number of rotatable bonds is 6. The van der Waals surface area contributed by atoms with Gasteiger partial charge in [-0.2, -0.15) is 5.10 Å². The number of H-pyrrole nitrogens is 1. The fourth-order valence-corrected chi connectivity index (χ4v) is 2.34. The van der Waals surface area contributed by atoms with E-state index < -0.39 is 0 Å². The highest BCUT2D eigenvalue weighted by Crippen LogP contribution is 2.20. The van der Waals surface area contributed by atoms with Crippen LogP contribution in [0.5, 0.6) is 5.75 Å². The van der Waals surface area contributed by atoms with Crippen LogP contribution in [0.1, 0.15) is 16.1 Å². The minimum absolute atomic E-state index is 0.188. The zero-order valence-corrected chi connectivity index (χ0v) is 13.8. The normalized spacial score (nSPS) is 10.4. The Bertz CT molecular complexity index is 858. The summed E-state index contributed by atoms with van der Waals surface area (Å²) in [7, 11) is 0. The number of nitrogens with zero attached hydrogens (tertiary/aromatic N) is 2. The zero-order valence-electron chi connectivity index (χ0n) is 13.8. The number of phenols is 1. The molecule has 1 amide bonds. The van der Waals surface area contributed by atoms with Crippen LogP contribution in [0.25, 0.3) is 11.3 Å². The summed E-state index contributed by atoms with van der Waals surface area (Å²) < 4.78 is 0. The van der Waals surface area contributed by atoms with Gasteiger partial charge in [0.1, 0.15) is 17.3 Å². The summed E-state index contributed by atoms with van der Waals surface area (Å²) in [6.07, 6.45) is 1.73. The molecule has 128 valence electrons. The maximum atomic E-state index is 12.2. The molecule has 0 atom stereocenters. The SMILES string of the molecule is Cc1cccnc1NCCNC(=O)c1cc(-c2ccc(O)cc2)n[nH]1. The van der Waals surface area contributed by atoms with Crippen LogP contribution < -0.4 is 10.6 Å². The molecule has 2 heterocycles. The number of aromatic hydroxyl groups is 1. The van der Waals surface area contributed by atoms with Crippen molar-refractivity contribution < 1.29 is 9.90 Å². The fourth-order valence-electron chi connectivity index (χ4n) is 2.34. The predicted molar refractivity (Wildman–Crippen MR) is 95.5 cm³/mol. The lowest BCUT2D eigenvalue weighted by Crippen LogP contribution is -2.29. The van der Waals surface area contributed by atoms with Crippen LogP contribution in [0, 0.1) is 6.92 Å². The number of aryl methyl sites for hydroxylation is 1. The summed E-state index contributed by atoms with van der Waals surface area (Å²) in [5.41, 5.74) is 2.91. The molecule has 0 radical (unpaired) electrons. The Balaban J connectivity index is 1.52. The molecule has 0 saturated heterocycles. The molecule has 0 unspecified atom stereocenters. The van der Waals surface area contributed by atoms with E-state index in [4.69, 9.17) is 0 Å². The molecule has 0 aliphatic carbocycles. The van der Waals surface area contributed by atoms with E-state index in [0.29, 0.717) is 24.5 Å². The van der Waals surface area contributed by atoms with E-state index in [1.165, 1.54) is 0 Å². The first kappa shape index (κ1) is 16.5. The molecule has 0 aliphatic heterocycles. The summed E-state index contributed by atoms with van der Waals surface area (Å²) in [5, 5.41) is 22.2. The van der Waals surface area contributed by atoms with Gasteiger partial charge in [0, 0.05) is 24.8 Å². The third kappa shape index (κ3) is 4.14. The maximum absolute atomic E-state index is 12.2. The monoisotopic (exact) mass is 337 g/mol. The van der Waals surface area contributed by atoms with Crippen molar-refractivity contribution in [1.29, 1.82) is 0 Å². The highest BCUT2D eigenvalue weighted by atomic mass is 16.3. The summed E-state index contributed by atoms with van der Waals surface area (Å²) in [6.45, 7) is 3.01. The summed E-state index contributed by atoms with van der Waals surface area (Å²) in [5.74, 6) is 0.776. The van der Waals surface area contributed by atoms with Gasteiger partial charge in [-0.15, -0.1) is 0 Å². The zero-order chi connectivity index (χ0) is 17.6. The Labute approximate surface area is 145 Å². The Morgan fingerprint density at radius 1 is 1.20 bits per heavy atom. The van der Waals surface area contributed by atoms with Gasteiger partial charge in [0.15, 0.2) is 0 Å². The summed E-state index contributed by atoms with van der Waals surface area (Å²) in [6, 6.07) is 12.2. The number of hydrogen-bond donors (Lipinski definition) is 4. The van der Waals surface area contributed by atoms with E-state index in [2.05, 4.69) is 25.8 Å². The van der Waals surface area contributed by atoms with E-state index in [-0.39, 0.29) is 11.7 Å². The molecular formula is C18H19N5O2. The first-order chi connectivity index (χ1) is 12.1. The van der Waals surface area contributed by atoms with Crippen molar-refractivity contribution in [2.24, 2.45) is 0 Å². The number of aromatic nitrogens is 3. The number of pyridine rings is 1. The number of hydrogen-bond acceptors (Lipinski definition) is 5. The average Bonchev–Trinajstić information content (AvgIpc) is 3.11. The molecule has 3 aromatic rings. The van der Waals surface area contributed by atoms with Crippen molar-refractivity contribution in [3.63, 3.8) is 0 Å². The minimum Gasteiger partial charge on any atom is -0.508 e. The van der Waals surface area contributed by atoms with Crippen molar-refractivity contribution in [3.05, 3.63) is 59.9 Å². The number of anilines is 1. The van der Waals surface area contributed by atoms with Crippen molar-refractivity contribution in [3.8, 4) is 17.0 Å². The average molecular weight is 337 g/mol. The molecule has 7 nitrogen and oxygen atoms in total. The van der Waals surface area contributed by atoms with E-state index in [0.717, 1.165) is 16.9 Å². The minimum atomic E-state index is -0.225. The quantitative estimate of drug-likeness (QED) is 0.517. The lowest BCUT2D eigenvalue weighted by Gasteiger charge is -2.08. The van der Waals surface area contributed by atoms with Crippen molar-refractivity contribution in [1.82, 2.24) is 20.5 Å². The number of aromatic amines is 1. The van der Waals surface area contributed by atoms with Crippen LogP contribution in [-0.2, 0) is 0 Å². The van der Waals surface area contributed by atoms with Crippen LogP contribution in [0.15, 0.2) is 48.7 Å². The van der Waals surface area contributed by atoms with Gasteiger partial charge in [-0.25, -0.2) is 4.98 Å². The molecule has 1 aromatic carbocycles. The Morgan fingerprint density at radius 2 is 2.00 bits per heavy atom. The molecule has 2 aromatic heterocycles. The topological polar surface area (TPSA) is 103 Å². The number of carbonyl (C=O) groups excluding carboxylic acids is 1. The van der Waals surface area contributed by atoms with E-state index in [9.17, 15) is 9.90 Å². The van der Waals surface area contributed by atoms with E-state index in [1.54, 1.807) is 36.5 Å². The first-order valence-corrected chi connectivity index (χ1v) is 7.92. The second-order valence-electron chi connectivity index (χ2n) is 5.57. The highest BCUT2D eigenvalue weighted by Gasteiger charge is 2.10. The van der Waals surface area contributed by atoms with Crippen LogP contribution in [-0.4, -0.2) is 39.3 Å². The Hall–Kier alpha value is -3.35. The number of amides is 1. The van der Waals surface area contributed by atoms with Gasteiger partial charge in [0.2, 0.25) is 0 Å². The molecule has 0 fully saturated rings. The first-order valence-electron chi connectivity index (χ1n) is 7.92. The van der Waals surface area contributed by atoms with Gasteiger partial charge in [0.25, 0.3) is 5.91 Å². The van der Waals surface area contributed by atoms with Gasteiger partial charge in [-0.1, -0.05) is 6.07 Å². The second-order valence-corrected chi connectivity index (χ2v) is 5.57. The van der Waals surface area contributed by atoms with Gasteiger partial charge < -0.3 is 15.7 Å². The van der Waals surface area contributed by atoms with Crippen molar-refractivity contribution in [2.75, 3.05) is 18.4 Å². The summed E-state index contributed by atoms with van der Waals surface area (Å²) >= 11 is 0. The summed E-state index contributed by atoms with van der Waals surface area (Å²) in [4.78, 5) is 16.4. The van der Waals surface area contributed by atoms with Crippen molar-refractivity contribution >= 4 is 11.7 Å². The number of benzene rings is 1. The largest absolute Gasteiger partial charge is 0.508 e. The molecule has 3 rings (SSSR count). The number of carbonyl (C=O) groups is 1. The maximum Gasteiger partial charge on any atom is 0.269 e. The molecule has 0 spiro atoms. The van der Waals surface area contributed by atoms with E-state index >= 15 is 0 Å². The predicted octanol–water partition coefficient (Wildman–Crippen LogP) is 2.33. The smallest absolute Gasteiger partial charge is 0.269 e. The molecule has 0 aliphatic rings. The molecule has 4 N–H and O–H groups in total. The molecule has 0 bridgehead atoms. The highest BCUT2D eigenvalue weighted by molar-refractivity contribution is 5.93. The lowest BCUT2D eigenvalue weighted by atomic mass is 10.1. The van der Waals surface area contributed by atoms with Crippen molar-refractivity contribution in [2.45, 2.75) is 6.92 Å². The Morgan fingerprint density at radius 3 is 2.76 bits per heavy atom.